The minimum atomic E-state index is -1.04. The van der Waals surface area contributed by atoms with Crippen LogP contribution in [0, 0.1) is 5.92 Å². The Morgan fingerprint density at radius 1 is 1.28 bits per heavy atom. The number of aliphatic hydroxyl groups excluding tert-OH is 1. The van der Waals surface area contributed by atoms with E-state index in [9.17, 15) is 9.59 Å². The predicted octanol–water partition coefficient (Wildman–Crippen LogP) is 0.898. The number of urea groups is 1. The Bertz CT molecular complexity index is 281. The summed E-state index contributed by atoms with van der Waals surface area (Å²) in [6.07, 6.45) is 0.666. The molecule has 0 heterocycles. The Balaban J connectivity index is 4.71. The van der Waals surface area contributed by atoms with Crippen molar-refractivity contribution in [1.29, 1.82) is 0 Å². The molecule has 106 valence electrons. The quantitative estimate of drug-likeness (QED) is 0.634. The van der Waals surface area contributed by atoms with Crippen LogP contribution in [0.2, 0.25) is 0 Å². The fourth-order valence-corrected chi connectivity index (χ4v) is 1.60. The molecule has 2 amide bonds. The van der Waals surface area contributed by atoms with Crippen molar-refractivity contribution in [1.82, 2.24) is 10.2 Å². The van der Waals surface area contributed by atoms with E-state index in [1.54, 1.807) is 6.92 Å². The summed E-state index contributed by atoms with van der Waals surface area (Å²) in [5, 5.41) is 20.5. The second kappa shape index (κ2) is 7.92. The van der Waals surface area contributed by atoms with Crippen LogP contribution in [0.25, 0.3) is 0 Å². The summed E-state index contributed by atoms with van der Waals surface area (Å²) in [5.41, 5.74) is 0. The van der Waals surface area contributed by atoms with Gasteiger partial charge in [0.05, 0.1) is 6.61 Å². The highest BCUT2D eigenvalue weighted by atomic mass is 16.4. The highest BCUT2D eigenvalue weighted by Gasteiger charge is 2.27. The maximum absolute atomic E-state index is 12.0. The van der Waals surface area contributed by atoms with E-state index in [4.69, 9.17) is 10.2 Å². The van der Waals surface area contributed by atoms with Crippen LogP contribution >= 0.6 is 0 Å². The van der Waals surface area contributed by atoms with E-state index in [0.717, 1.165) is 0 Å². The molecule has 6 heteroatoms. The first-order valence-corrected chi connectivity index (χ1v) is 6.25. The average molecular weight is 260 g/mol. The lowest BCUT2D eigenvalue weighted by Crippen LogP contribution is -2.52. The fourth-order valence-electron chi connectivity index (χ4n) is 1.60. The summed E-state index contributed by atoms with van der Waals surface area (Å²) >= 11 is 0. The van der Waals surface area contributed by atoms with Crippen molar-refractivity contribution in [2.75, 3.05) is 13.2 Å². The van der Waals surface area contributed by atoms with Crippen molar-refractivity contribution in [3.8, 4) is 0 Å². The molecule has 18 heavy (non-hydrogen) atoms. The first-order chi connectivity index (χ1) is 8.34. The molecule has 0 bridgehead atoms. The van der Waals surface area contributed by atoms with E-state index in [0.29, 0.717) is 6.42 Å². The molecule has 6 nitrogen and oxygen atoms in total. The second-order valence-electron chi connectivity index (χ2n) is 4.66. The number of nitrogens with one attached hydrogen (secondary N) is 1. The molecule has 2 atom stereocenters. The van der Waals surface area contributed by atoms with Gasteiger partial charge in [-0.1, -0.05) is 20.3 Å². The first kappa shape index (κ1) is 16.7. The maximum Gasteiger partial charge on any atom is 0.326 e. The molecule has 0 aromatic rings. The monoisotopic (exact) mass is 260 g/mol. The number of aliphatic hydroxyl groups is 1. The SMILES string of the molecule is CC[C@H](C)[C@H](NC(=O)N(CCO)C(C)C)C(=O)O. The Hall–Kier alpha value is -1.30. The zero-order valence-electron chi connectivity index (χ0n) is 11.5. The van der Waals surface area contributed by atoms with Gasteiger partial charge in [0.15, 0.2) is 0 Å². The Morgan fingerprint density at radius 2 is 1.83 bits per heavy atom. The van der Waals surface area contributed by atoms with Gasteiger partial charge in [-0.3, -0.25) is 0 Å². The smallest absolute Gasteiger partial charge is 0.326 e. The molecule has 0 aliphatic rings. The highest BCUT2D eigenvalue weighted by molar-refractivity contribution is 5.82. The molecule has 0 rings (SSSR count). The van der Waals surface area contributed by atoms with Gasteiger partial charge in [0.25, 0.3) is 0 Å². The molecule has 0 fully saturated rings. The molecular formula is C12H24N2O4. The number of hydrogen-bond donors (Lipinski definition) is 3. The number of aliphatic carboxylic acids is 1. The topological polar surface area (TPSA) is 89.9 Å². The summed E-state index contributed by atoms with van der Waals surface area (Å²) in [6, 6.07) is -1.45. The molecule has 0 saturated carbocycles. The van der Waals surface area contributed by atoms with Crippen LogP contribution in [0.5, 0.6) is 0 Å². The molecule has 3 N–H and O–H groups in total. The van der Waals surface area contributed by atoms with Crippen molar-refractivity contribution in [2.24, 2.45) is 5.92 Å². The molecule has 0 aliphatic heterocycles. The van der Waals surface area contributed by atoms with Gasteiger partial charge in [-0.05, 0) is 19.8 Å². The molecule has 0 aromatic heterocycles. The molecule has 0 radical (unpaired) electrons. The van der Waals surface area contributed by atoms with Crippen molar-refractivity contribution in [3.05, 3.63) is 0 Å². The summed E-state index contributed by atoms with van der Waals surface area (Å²) in [4.78, 5) is 24.5. The van der Waals surface area contributed by atoms with Crippen LogP contribution < -0.4 is 5.32 Å². The third-order valence-electron chi connectivity index (χ3n) is 2.98. The predicted molar refractivity (Wildman–Crippen MR) is 68.3 cm³/mol. The number of carbonyl (C=O) groups is 2. The zero-order chi connectivity index (χ0) is 14.3. The normalized spacial score (nSPS) is 14.1. The van der Waals surface area contributed by atoms with Gasteiger partial charge < -0.3 is 20.4 Å². The summed E-state index contributed by atoms with van der Waals surface area (Å²) < 4.78 is 0. The van der Waals surface area contributed by atoms with E-state index in [-0.39, 0.29) is 25.1 Å². The molecule has 0 aromatic carbocycles. The first-order valence-electron chi connectivity index (χ1n) is 6.25. The second-order valence-corrected chi connectivity index (χ2v) is 4.66. The van der Waals surface area contributed by atoms with Gasteiger partial charge in [0, 0.05) is 12.6 Å². The minimum absolute atomic E-state index is 0.0940. The van der Waals surface area contributed by atoms with Crippen molar-refractivity contribution in [3.63, 3.8) is 0 Å². The van der Waals surface area contributed by atoms with Gasteiger partial charge in [-0.25, -0.2) is 9.59 Å². The zero-order valence-corrected chi connectivity index (χ0v) is 11.5. The third kappa shape index (κ3) is 4.91. The number of hydrogen-bond acceptors (Lipinski definition) is 3. The van der Waals surface area contributed by atoms with E-state index < -0.39 is 18.0 Å². The number of carbonyl (C=O) groups excluding carboxylic acids is 1. The molecular weight excluding hydrogens is 236 g/mol. The lowest BCUT2D eigenvalue weighted by molar-refractivity contribution is -0.140. The van der Waals surface area contributed by atoms with Crippen LogP contribution in [0.15, 0.2) is 0 Å². The third-order valence-corrected chi connectivity index (χ3v) is 2.98. The highest BCUT2D eigenvalue weighted by Crippen LogP contribution is 2.09. The van der Waals surface area contributed by atoms with Crippen LogP contribution in [-0.4, -0.2) is 52.3 Å². The van der Waals surface area contributed by atoms with Crippen molar-refractivity contribution in [2.45, 2.75) is 46.2 Å². The fraction of sp³-hybridized carbons (Fsp3) is 0.833. The van der Waals surface area contributed by atoms with E-state index in [1.165, 1.54) is 4.90 Å². The average Bonchev–Trinajstić information content (AvgIpc) is 2.30. The van der Waals surface area contributed by atoms with Crippen molar-refractivity contribution >= 4 is 12.0 Å². The van der Waals surface area contributed by atoms with E-state index >= 15 is 0 Å². The Labute approximate surface area is 108 Å². The van der Waals surface area contributed by atoms with Gasteiger partial charge in [0.2, 0.25) is 0 Å². The van der Waals surface area contributed by atoms with Gasteiger partial charge in [-0.2, -0.15) is 0 Å². The lowest BCUT2D eigenvalue weighted by atomic mass is 9.99. The lowest BCUT2D eigenvalue weighted by Gasteiger charge is -2.29. The van der Waals surface area contributed by atoms with Crippen molar-refractivity contribution < 1.29 is 19.8 Å². The van der Waals surface area contributed by atoms with Crippen LogP contribution in [0.4, 0.5) is 4.79 Å². The molecule has 0 saturated heterocycles. The number of carboxylic acids is 1. The summed E-state index contributed by atoms with van der Waals surface area (Å²) in [6.45, 7) is 7.33. The number of rotatable bonds is 7. The van der Waals surface area contributed by atoms with E-state index in [2.05, 4.69) is 5.32 Å². The molecule has 0 spiro atoms. The summed E-state index contributed by atoms with van der Waals surface area (Å²) in [7, 11) is 0. The van der Waals surface area contributed by atoms with Gasteiger partial charge in [-0.15, -0.1) is 0 Å². The Kier molecular flexibility index (Phi) is 7.35. The maximum atomic E-state index is 12.0. The Morgan fingerprint density at radius 3 is 2.17 bits per heavy atom. The van der Waals surface area contributed by atoms with Crippen LogP contribution in [0.3, 0.4) is 0 Å². The summed E-state index contributed by atoms with van der Waals surface area (Å²) in [5.74, 6) is -1.18. The van der Waals surface area contributed by atoms with E-state index in [1.807, 2.05) is 20.8 Å². The minimum Gasteiger partial charge on any atom is -0.480 e. The van der Waals surface area contributed by atoms with Gasteiger partial charge >= 0.3 is 12.0 Å². The standard InChI is InChI=1S/C12H24N2O4/c1-5-9(4)10(11(16)17)13-12(18)14(6-7-15)8(2)3/h8-10,15H,5-7H2,1-4H3,(H,13,18)(H,16,17)/t9-,10-/m0/s1. The van der Waals surface area contributed by atoms with Crippen LogP contribution in [-0.2, 0) is 4.79 Å². The molecule has 0 unspecified atom stereocenters. The number of amides is 2. The van der Waals surface area contributed by atoms with Crippen LogP contribution in [0.1, 0.15) is 34.1 Å². The number of nitrogens with zero attached hydrogens (tertiary/aromatic N) is 1. The molecule has 0 aliphatic carbocycles. The largest absolute Gasteiger partial charge is 0.480 e. The van der Waals surface area contributed by atoms with Gasteiger partial charge in [0.1, 0.15) is 6.04 Å². The number of carboxylic acid groups (broad SMARTS) is 1.